The second kappa shape index (κ2) is 2.18. The van der Waals surface area contributed by atoms with Crippen LogP contribution >= 0.6 is 0 Å². The first-order chi connectivity index (χ1) is 5.53. The Bertz CT molecular complexity index is 228. The fourth-order valence-electron chi connectivity index (χ4n) is 1.78. The quantitative estimate of drug-likeness (QED) is 0.375. The van der Waals surface area contributed by atoms with Gasteiger partial charge in [0.25, 0.3) is 0 Å². The molecule has 0 amide bonds. The summed E-state index contributed by atoms with van der Waals surface area (Å²) in [5, 5.41) is 28.0. The molecule has 3 N–H and O–H groups in total. The van der Waals surface area contributed by atoms with Gasteiger partial charge in [-0.25, -0.2) is 4.79 Å². The highest BCUT2D eigenvalue weighted by Gasteiger charge is 2.56. The molecule has 3 unspecified atom stereocenters. The van der Waals surface area contributed by atoms with E-state index in [0.29, 0.717) is 0 Å². The van der Waals surface area contributed by atoms with Crippen LogP contribution in [0.15, 0.2) is 0 Å². The van der Waals surface area contributed by atoms with Crippen LogP contribution in [0.1, 0.15) is 12.8 Å². The second-order valence-corrected chi connectivity index (χ2v) is 3.44. The Morgan fingerprint density at radius 1 is 1.42 bits per heavy atom. The molecule has 1 saturated carbocycles. The van der Waals surface area contributed by atoms with Gasteiger partial charge in [0.1, 0.15) is 12.2 Å². The van der Waals surface area contributed by atoms with Crippen LogP contribution in [0.25, 0.3) is 0 Å². The van der Waals surface area contributed by atoms with E-state index < -0.39 is 29.9 Å². The fourth-order valence-corrected chi connectivity index (χ4v) is 1.78. The summed E-state index contributed by atoms with van der Waals surface area (Å²) in [5.74, 6) is -0.733. The Morgan fingerprint density at radius 3 is 2.75 bits per heavy atom. The minimum atomic E-state index is -1.57. The molecule has 1 heterocycles. The molecule has 2 fully saturated rings. The molecule has 12 heavy (non-hydrogen) atoms. The zero-order valence-electron chi connectivity index (χ0n) is 6.30. The van der Waals surface area contributed by atoms with Crippen molar-refractivity contribution < 1.29 is 24.9 Å². The molecular weight excluding hydrogens is 164 g/mol. The highest BCUT2D eigenvalue weighted by Crippen LogP contribution is 2.37. The van der Waals surface area contributed by atoms with Crippen molar-refractivity contribution in [3.05, 3.63) is 0 Å². The van der Waals surface area contributed by atoms with Gasteiger partial charge < -0.3 is 20.1 Å². The zero-order chi connectivity index (χ0) is 8.93. The van der Waals surface area contributed by atoms with Crippen LogP contribution in [0.2, 0.25) is 0 Å². The molecule has 0 aromatic rings. The molecule has 1 aliphatic carbocycles. The van der Waals surface area contributed by atoms with Crippen LogP contribution in [-0.2, 0) is 9.53 Å². The standard InChI is InChI=1S/C7H10O5/c8-3-1-7(11)2-4(5(3)9)12-6(7)10/h3-5,8-9,11H,1-2H2/t3?,4?,5-,7?/m1/s1. The van der Waals surface area contributed by atoms with Crippen LogP contribution in [-0.4, -0.2) is 45.2 Å². The topological polar surface area (TPSA) is 87.0 Å². The predicted molar refractivity (Wildman–Crippen MR) is 36.1 cm³/mol. The summed E-state index contributed by atoms with van der Waals surface area (Å²) in [4.78, 5) is 11.0. The van der Waals surface area contributed by atoms with Crippen molar-refractivity contribution in [3.8, 4) is 0 Å². The molecule has 2 aliphatic rings. The van der Waals surface area contributed by atoms with E-state index in [1.54, 1.807) is 0 Å². The van der Waals surface area contributed by atoms with Crippen LogP contribution in [0.3, 0.4) is 0 Å². The molecule has 0 aromatic carbocycles. The smallest absolute Gasteiger partial charge is 0.338 e. The van der Waals surface area contributed by atoms with Crippen molar-refractivity contribution in [2.24, 2.45) is 0 Å². The third-order valence-corrected chi connectivity index (χ3v) is 2.50. The molecule has 2 bridgehead atoms. The lowest BCUT2D eigenvalue weighted by atomic mass is 9.82. The van der Waals surface area contributed by atoms with Crippen molar-refractivity contribution in [1.82, 2.24) is 0 Å². The summed E-state index contributed by atoms with van der Waals surface area (Å²) in [7, 11) is 0. The highest BCUT2D eigenvalue weighted by atomic mass is 16.6. The zero-order valence-corrected chi connectivity index (χ0v) is 6.30. The van der Waals surface area contributed by atoms with Crippen LogP contribution in [0.5, 0.6) is 0 Å². The number of aliphatic hydroxyl groups excluding tert-OH is 2. The van der Waals surface area contributed by atoms with E-state index in [2.05, 4.69) is 4.74 Å². The summed E-state index contributed by atoms with van der Waals surface area (Å²) in [5.41, 5.74) is -1.57. The molecule has 5 heteroatoms. The Balaban J connectivity index is 2.28. The van der Waals surface area contributed by atoms with Gasteiger partial charge in [-0.3, -0.25) is 0 Å². The van der Waals surface area contributed by atoms with Gasteiger partial charge in [0.2, 0.25) is 0 Å². The number of hydrogen-bond donors (Lipinski definition) is 3. The van der Waals surface area contributed by atoms with Crippen LogP contribution in [0.4, 0.5) is 0 Å². The maximum absolute atomic E-state index is 11.0. The van der Waals surface area contributed by atoms with Gasteiger partial charge in [-0.2, -0.15) is 0 Å². The van der Waals surface area contributed by atoms with Crippen molar-refractivity contribution >= 4 is 5.97 Å². The summed E-state index contributed by atoms with van der Waals surface area (Å²) < 4.78 is 4.67. The number of aliphatic hydroxyl groups is 3. The van der Waals surface area contributed by atoms with E-state index in [-0.39, 0.29) is 12.8 Å². The number of esters is 1. The fraction of sp³-hybridized carbons (Fsp3) is 0.857. The Morgan fingerprint density at radius 2 is 2.08 bits per heavy atom. The first kappa shape index (κ1) is 7.97. The monoisotopic (exact) mass is 174 g/mol. The third-order valence-electron chi connectivity index (χ3n) is 2.50. The molecule has 0 aromatic heterocycles. The number of fused-ring (bicyclic) bond motifs is 2. The van der Waals surface area contributed by atoms with Gasteiger partial charge >= 0.3 is 5.97 Å². The van der Waals surface area contributed by atoms with Crippen molar-refractivity contribution in [2.75, 3.05) is 0 Å². The van der Waals surface area contributed by atoms with E-state index in [9.17, 15) is 20.1 Å². The van der Waals surface area contributed by atoms with E-state index in [1.165, 1.54) is 0 Å². The van der Waals surface area contributed by atoms with Gasteiger partial charge in [0.15, 0.2) is 5.60 Å². The lowest BCUT2D eigenvalue weighted by molar-refractivity contribution is -0.154. The van der Waals surface area contributed by atoms with Gasteiger partial charge in [-0.05, 0) is 0 Å². The van der Waals surface area contributed by atoms with Crippen LogP contribution in [0, 0.1) is 0 Å². The Hall–Kier alpha value is -0.650. The maximum Gasteiger partial charge on any atom is 0.338 e. The molecule has 2 rings (SSSR count). The molecule has 1 saturated heterocycles. The second-order valence-electron chi connectivity index (χ2n) is 3.44. The third kappa shape index (κ3) is 0.872. The van der Waals surface area contributed by atoms with Crippen molar-refractivity contribution in [2.45, 2.75) is 36.8 Å². The summed E-state index contributed by atoms with van der Waals surface area (Å²) in [6.45, 7) is 0. The first-order valence-corrected chi connectivity index (χ1v) is 3.82. The highest BCUT2D eigenvalue weighted by molar-refractivity contribution is 5.82. The van der Waals surface area contributed by atoms with Gasteiger partial charge in [-0.1, -0.05) is 0 Å². The normalized spacial score (nSPS) is 52.2. The SMILES string of the molecule is O=C1OC2CC1(O)CC(O)[C@H]2O. The average Bonchev–Trinajstić information content (AvgIpc) is 2.22. The number of rotatable bonds is 0. The number of carbonyl (C=O) groups excluding carboxylic acids is 1. The molecule has 0 radical (unpaired) electrons. The summed E-state index contributed by atoms with van der Waals surface area (Å²) >= 11 is 0. The lowest BCUT2D eigenvalue weighted by Gasteiger charge is -2.30. The van der Waals surface area contributed by atoms with E-state index in [1.807, 2.05) is 0 Å². The molecule has 5 nitrogen and oxygen atoms in total. The van der Waals surface area contributed by atoms with E-state index in [0.717, 1.165) is 0 Å². The Kier molecular flexibility index (Phi) is 1.45. The van der Waals surface area contributed by atoms with Gasteiger partial charge in [-0.15, -0.1) is 0 Å². The molecule has 68 valence electrons. The summed E-state index contributed by atoms with van der Waals surface area (Å²) in [6, 6.07) is 0. The van der Waals surface area contributed by atoms with Gasteiger partial charge in [0.05, 0.1) is 6.10 Å². The van der Waals surface area contributed by atoms with Crippen LogP contribution < -0.4 is 0 Å². The predicted octanol–water partition coefficient (Wildman–Crippen LogP) is -1.84. The van der Waals surface area contributed by atoms with Crippen molar-refractivity contribution in [3.63, 3.8) is 0 Å². The van der Waals surface area contributed by atoms with E-state index in [4.69, 9.17) is 0 Å². The van der Waals surface area contributed by atoms with Gasteiger partial charge in [0, 0.05) is 12.8 Å². The number of carbonyl (C=O) groups is 1. The molecular formula is C7H10O5. The van der Waals surface area contributed by atoms with E-state index >= 15 is 0 Å². The lowest BCUT2D eigenvalue weighted by Crippen LogP contribution is -2.48. The minimum Gasteiger partial charge on any atom is -0.457 e. The largest absolute Gasteiger partial charge is 0.457 e. The first-order valence-electron chi connectivity index (χ1n) is 3.82. The number of ether oxygens (including phenoxy) is 1. The molecule has 4 atom stereocenters. The minimum absolute atomic E-state index is 0.0874. The molecule has 1 aliphatic heterocycles. The van der Waals surface area contributed by atoms with Crippen molar-refractivity contribution in [1.29, 1.82) is 0 Å². The maximum atomic E-state index is 11.0. The Labute approximate surface area is 68.6 Å². The number of hydrogen-bond acceptors (Lipinski definition) is 5. The summed E-state index contributed by atoms with van der Waals surface area (Å²) in [6.07, 6.45) is -2.92. The molecule has 0 spiro atoms. The average molecular weight is 174 g/mol.